The molecule has 1 rings (SSSR count). The lowest BCUT2D eigenvalue weighted by Crippen LogP contribution is -2.36. The maximum atomic E-state index is 11.3. The van der Waals surface area contributed by atoms with E-state index < -0.39 is 17.4 Å². The number of hydrogen-bond acceptors (Lipinski definition) is 3. The predicted octanol–water partition coefficient (Wildman–Crippen LogP) is 1.86. The van der Waals surface area contributed by atoms with Gasteiger partial charge in [0.2, 0.25) is 0 Å². The minimum absolute atomic E-state index is 0.310. The van der Waals surface area contributed by atoms with E-state index in [1.165, 1.54) is 0 Å². The topological polar surface area (TPSA) is 52.3 Å². The molecule has 0 spiro atoms. The molecule has 1 aromatic rings. The summed E-state index contributed by atoms with van der Waals surface area (Å²) in [4.78, 5) is 11.3. The first-order chi connectivity index (χ1) is 7.16. The fourth-order valence-electron chi connectivity index (χ4n) is 1.20. The zero-order chi connectivity index (χ0) is 11.3. The molecule has 0 aromatic heterocycles. The van der Waals surface area contributed by atoms with Gasteiger partial charge in [-0.05, 0) is 12.5 Å². The predicted molar refractivity (Wildman–Crippen MR) is 59.6 cm³/mol. The van der Waals surface area contributed by atoms with Gasteiger partial charge >= 0.3 is 5.97 Å². The van der Waals surface area contributed by atoms with E-state index in [1.54, 1.807) is 6.92 Å². The van der Waals surface area contributed by atoms with E-state index in [1.807, 2.05) is 30.3 Å². The Morgan fingerprint density at radius 2 is 2.07 bits per heavy atom. The average Bonchev–Trinajstić information content (AvgIpc) is 2.28. The Morgan fingerprint density at radius 1 is 1.47 bits per heavy atom. The van der Waals surface area contributed by atoms with Gasteiger partial charge in [0, 0.05) is 0 Å². The summed E-state index contributed by atoms with van der Waals surface area (Å²) in [5.74, 6) is -0.471. The van der Waals surface area contributed by atoms with Crippen LogP contribution < -0.4 is 5.73 Å². The SMILES string of the molecule is CCOC(=O)[C@@H](N)C(Cl)c1ccccc1. The summed E-state index contributed by atoms with van der Waals surface area (Å²) >= 11 is 6.06. The molecule has 0 aliphatic heterocycles. The maximum absolute atomic E-state index is 11.3. The Morgan fingerprint density at radius 3 is 2.60 bits per heavy atom. The molecule has 0 radical (unpaired) electrons. The fourth-order valence-corrected chi connectivity index (χ4v) is 1.45. The van der Waals surface area contributed by atoms with E-state index in [-0.39, 0.29) is 0 Å². The third kappa shape index (κ3) is 3.22. The second kappa shape index (κ2) is 5.73. The van der Waals surface area contributed by atoms with E-state index in [4.69, 9.17) is 22.1 Å². The molecule has 0 aliphatic rings. The summed E-state index contributed by atoms with van der Waals surface area (Å²) < 4.78 is 4.80. The van der Waals surface area contributed by atoms with Crippen molar-refractivity contribution >= 4 is 17.6 Å². The number of carbonyl (C=O) groups is 1. The number of rotatable bonds is 4. The molecular formula is C11H14ClNO2. The van der Waals surface area contributed by atoms with Crippen LogP contribution in [-0.4, -0.2) is 18.6 Å². The number of benzene rings is 1. The lowest BCUT2D eigenvalue weighted by atomic mass is 10.1. The smallest absolute Gasteiger partial charge is 0.324 e. The molecule has 15 heavy (non-hydrogen) atoms. The number of alkyl halides is 1. The number of ether oxygens (including phenoxy) is 1. The average molecular weight is 228 g/mol. The molecule has 2 N–H and O–H groups in total. The number of halogens is 1. The minimum Gasteiger partial charge on any atom is -0.465 e. The van der Waals surface area contributed by atoms with Crippen LogP contribution in [0.15, 0.2) is 30.3 Å². The Labute approximate surface area is 94.2 Å². The number of carbonyl (C=O) groups excluding carboxylic acids is 1. The van der Waals surface area contributed by atoms with Gasteiger partial charge in [-0.25, -0.2) is 0 Å². The Bertz CT molecular complexity index is 316. The second-order valence-electron chi connectivity index (χ2n) is 3.09. The molecule has 0 saturated heterocycles. The molecule has 1 unspecified atom stereocenters. The van der Waals surface area contributed by atoms with Crippen molar-refractivity contribution in [3.63, 3.8) is 0 Å². The third-order valence-corrected chi connectivity index (χ3v) is 2.52. The van der Waals surface area contributed by atoms with Crippen LogP contribution in [0.5, 0.6) is 0 Å². The van der Waals surface area contributed by atoms with Gasteiger partial charge in [0.15, 0.2) is 0 Å². The molecule has 0 bridgehead atoms. The number of nitrogens with two attached hydrogens (primary N) is 1. The Kier molecular flexibility index (Phi) is 4.59. The van der Waals surface area contributed by atoms with Crippen molar-refractivity contribution in [1.82, 2.24) is 0 Å². The second-order valence-corrected chi connectivity index (χ2v) is 3.56. The molecule has 0 aliphatic carbocycles. The Hall–Kier alpha value is -1.06. The van der Waals surface area contributed by atoms with E-state index in [0.717, 1.165) is 5.56 Å². The van der Waals surface area contributed by atoms with Crippen LogP contribution in [0.2, 0.25) is 0 Å². The third-order valence-electron chi connectivity index (χ3n) is 1.99. The Balaban J connectivity index is 2.68. The highest BCUT2D eigenvalue weighted by molar-refractivity contribution is 6.22. The molecule has 82 valence electrons. The summed E-state index contributed by atoms with van der Waals surface area (Å²) in [6.07, 6.45) is 0. The lowest BCUT2D eigenvalue weighted by Gasteiger charge is -2.16. The molecule has 0 amide bonds. The summed E-state index contributed by atoms with van der Waals surface area (Å²) in [6, 6.07) is 8.41. The van der Waals surface area contributed by atoms with Gasteiger partial charge in [-0.1, -0.05) is 30.3 Å². The lowest BCUT2D eigenvalue weighted by molar-refractivity contribution is -0.144. The van der Waals surface area contributed by atoms with E-state index in [0.29, 0.717) is 6.61 Å². The highest BCUT2D eigenvalue weighted by atomic mass is 35.5. The minimum atomic E-state index is -0.825. The van der Waals surface area contributed by atoms with Crippen LogP contribution in [0.1, 0.15) is 17.9 Å². The molecule has 2 atom stereocenters. The quantitative estimate of drug-likeness (QED) is 0.631. The summed E-state index contributed by atoms with van der Waals surface area (Å²) in [5.41, 5.74) is 6.49. The zero-order valence-corrected chi connectivity index (χ0v) is 9.28. The van der Waals surface area contributed by atoms with E-state index in [9.17, 15) is 4.79 Å². The van der Waals surface area contributed by atoms with Crippen molar-refractivity contribution in [3.05, 3.63) is 35.9 Å². The van der Waals surface area contributed by atoms with Crippen LogP contribution in [-0.2, 0) is 9.53 Å². The standard InChI is InChI=1S/C11H14ClNO2/c1-2-15-11(14)10(13)9(12)8-6-4-3-5-7-8/h3-7,9-10H,2,13H2,1H3/t9?,10-/m0/s1. The summed E-state index contributed by atoms with van der Waals surface area (Å²) in [5, 5.41) is -0.551. The van der Waals surface area contributed by atoms with Crippen LogP contribution >= 0.6 is 11.6 Å². The van der Waals surface area contributed by atoms with Gasteiger partial charge in [0.1, 0.15) is 6.04 Å². The van der Waals surface area contributed by atoms with Crippen molar-refractivity contribution in [3.8, 4) is 0 Å². The normalized spacial score (nSPS) is 14.3. The molecule has 1 aromatic carbocycles. The highest BCUT2D eigenvalue weighted by Crippen LogP contribution is 2.23. The summed E-state index contributed by atoms with van der Waals surface area (Å²) in [7, 11) is 0. The molecular weight excluding hydrogens is 214 g/mol. The van der Waals surface area contributed by atoms with Crippen LogP contribution in [0, 0.1) is 0 Å². The number of hydrogen-bond donors (Lipinski definition) is 1. The largest absolute Gasteiger partial charge is 0.465 e. The van der Waals surface area contributed by atoms with E-state index in [2.05, 4.69) is 0 Å². The van der Waals surface area contributed by atoms with Crippen molar-refractivity contribution in [1.29, 1.82) is 0 Å². The zero-order valence-electron chi connectivity index (χ0n) is 8.52. The van der Waals surface area contributed by atoms with Crippen LogP contribution in [0.4, 0.5) is 0 Å². The van der Waals surface area contributed by atoms with Crippen LogP contribution in [0.3, 0.4) is 0 Å². The van der Waals surface area contributed by atoms with Crippen molar-refractivity contribution in [2.75, 3.05) is 6.61 Å². The molecule has 0 heterocycles. The van der Waals surface area contributed by atoms with Crippen molar-refractivity contribution in [2.45, 2.75) is 18.3 Å². The van der Waals surface area contributed by atoms with Crippen LogP contribution in [0.25, 0.3) is 0 Å². The first kappa shape index (κ1) is 12.0. The maximum Gasteiger partial charge on any atom is 0.324 e. The summed E-state index contributed by atoms with van der Waals surface area (Å²) in [6.45, 7) is 2.04. The fraction of sp³-hybridized carbons (Fsp3) is 0.364. The van der Waals surface area contributed by atoms with Gasteiger partial charge in [-0.2, -0.15) is 0 Å². The van der Waals surface area contributed by atoms with E-state index >= 15 is 0 Å². The van der Waals surface area contributed by atoms with Gasteiger partial charge in [-0.3, -0.25) is 4.79 Å². The van der Waals surface area contributed by atoms with Gasteiger partial charge in [-0.15, -0.1) is 11.6 Å². The van der Waals surface area contributed by atoms with Gasteiger partial charge in [0.25, 0.3) is 0 Å². The van der Waals surface area contributed by atoms with Crippen molar-refractivity contribution in [2.24, 2.45) is 5.73 Å². The first-order valence-electron chi connectivity index (χ1n) is 4.78. The highest BCUT2D eigenvalue weighted by Gasteiger charge is 2.24. The molecule has 3 nitrogen and oxygen atoms in total. The molecule has 0 saturated carbocycles. The number of esters is 1. The van der Waals surface area contributed by atoms with Gasteiger partial charge < -0.3 is 10.5 Å². The first-order valence-corrected chi connectivity index (χ1v) is 5.21. The molecule has 0 fully saturated rings. The van der Waals surface area contributed by atoms with Crippen molar-refractivity contribution < 1.29 is 9.53 Å². The monoisotopic (exact) mass is 227 g/mol. The molecule has 4 heteroatoms. The van der Waals surface area contributed by atoms with Gasteiger partial charge in [0.05, 0.1) is 12.0 Å².